The van der Waals surface area contributed by atoms with Crippen LogP contribution >= 0.6 is 0 Å². The summed E-state index contributed by atoms with van der Waals surface area (Å²) in [6, 6.07) is 11.2. The van der Waals surface area contributed by atoms with Gasteiger partial charge < -0.3 is 5.73 Å². The summed E-state index contributed by atoms with van der Waals surface area (Å²) >= 11 is 0. The molecule has 0 bridgehead atoms. The van der Waals surface area contributed by atoms with E-state index >= 15 is 0 Å². The number of amides is 1. The number of aldehydes is 1. The molecule has 0 atom stereocenters. The van der Waals surface area contributed by atoms with Crippen molar-refractivity contribution < 1.29 is 9.59 Å². The number of nitrogens with two attached hydrogens (primary N) is 1. The molecule has 0 fully saturated rings. The largest absolute Gasteiger partial charge is 0.369 e. The van der Waals surface area contributed by atoms with Gasteiger partial charge in [-0.3, -0.25) is 9.59 Å². The van der Waals surface area contributed by atoms with Crippen LogP contribution in [0.25, 0.3) is 10.8 Å². The lowest BCUT2D eigenvalue weighted by Crippen LogP contribution is -2.14. The third kappa shape index (κ3) is 1.80. The number of hydrogen-bond donors (Lipinski definition) is 1. The van der Waals surface area contributed by atoms with Crippen LogP contribution in [0.15, 0.2) is 36.4 Å². The Balaban J connectivity index is 2.67. The molecule has 0 heterocycles. The number of rotatable bonds is 3. The van der Waals surface area contributed by atoms with E-state index in [0.717, 1.165) is 17.1 Å². The molecule has 16 heavy (non-hydrogen) atoms. The number of carbonyl (C=O) groups excluding carboxylic acids is 2. The Morgan fingerprint density at radius 2 is 1.94 bits per heavy atom. The molecule has 0 saturated heterocycles. The van der Waals surface area contributed by atoms with Crippen molar-refractivity contribution in [1.82, 2.24) is 0 Å². The van der Waals surface area contributed by atoms with E-state index < -0.39 is 5.91 Å². The maximum Gasteiger partial charge on any atom is 0.221 e. The number of benzene rings is 2. The molecule has 0 aromatic heterocycles. The fourth-order valence-corrected chi connectivity index (χ4v) is 1.82. The van der Waals surface area contributed by atoms with Crippen LogP contribution in [0.5, 0.6) is 0 Å². The van der Waals surface area contributed by atoms with Gasteiger partial charge in [-0.25, -0.2) is 0 Å². The predicted molar refractivity (Wildman–Crippen MR) is 62.2 cm³/mol. The van der Waals surface area contributed by atoms with Crippen molar-refractivity contribution in [2.75, 3.05) is 0 Å². The molecular weight excluding hydrogens is 202 g/mol. The van der Waals surface area contributed by atoms with Crippen LogP contribution < -0.4 is 5.73 Å². The predicted octanol–water partition coefficient (Wildman–Crippen LogP) is 1.68. The Bertz CT molecular complexity index is 561. The Labute approximate surface area is 92.9 Å². The van der Waals surface area contributed by atoms with E-state index in [0.29, 0.717) is 11.1 Å². The van der Waals surface area contributed by atoms with E-state index in [2.05, 4.69) is 0 Å². The Hall–Kier alpha value is -2.16. The van der Waals surface area contributed by atoms with E-state index in [-0.39, 0.29) is 6.42 Å². The number of primary amides is 1. The zero-order valence-electron chi connectivity index (χ0n) is 8.64. The molecule has 1 amide bonds. The molecule has 0 radical (unpaired) electrons. The highest BCUT2D eigenvalue weighted by atomic mass is 16.1. The molecule has 2 aromatic carbocycles. The van der Waals surface area contributed by atoms with Gasteiger partial charge >= 0.3 is 0 Å². The topological polar surface area (TPSA) is 60.2 Å². The van der Waals surface area contributed by atoms with E-state index in [1.165, 1.54) is 0 Å². The summed E-state index contributed by atoms with van der Waals surface area (Å²) in [6.07, 6.45) is 0.875. The van der Waals surface area contributed by atoms with Crippen molar-refractivity contribution in [2.24, 2.45) is 5.73 Å². The monoisotopic (exact) mass is 213 g/mol. The molecule has 0 unspecified atom stereocenters. The maximum absolute atomic E-state index is 11.1. The van der Waals surface area contributed by atoms with Crippen LogP contribution in [-0.4, -0.2) is 12.2 Å². The maximum atomic E-state index is 11.1. The highest BCUT2D eigenvalue weighted by molar-refractivity contribution is 6.00. The van der Waals surface area contributed by atoms with Crippen LogP contribution in [0.1, 0.15) is 15.9 Å². The van der Waals surface area contributed by atoms with E-state index in [1.807, 2.05) is 30.3 Å². The molecule has 2 N–H and O–H groups in total. The molecule has 3 heteroatoms. The van der Waals surface area contributed by atoms with Gasteiger partial charge in [0.1, 0.15) is 0 Å². The number of carbonyl (C=O) groups is 2. The van der Waals surface area contributed by atoms with Crippen molar-refractivity contribution in [3.05, 3.63) is 47.5 Å². The molecule has 2 rings (SSSR count). The molecule has 0 aliphatic carbocycles. The SMILES string of the molecule is NC(=O)Cc1ccc2ccccc2c1C=O. The number of hydrogen-bond acceptors (Lipinski definition) is 2. The molecule has 2 aromatic rings. The molecule has 0 aliphatic heterocycles. The first kappa shape index (κ1) is 10.4. The summed E-state index contributed by atoms with van der Waals surface area (Å²) in [7, 11) is 0. The van der Waals surface area contributed by atoms with Gasteiger partial charge in [0.2, 0.25) is 5.91 Å². The first-order valence-corrected chi connectivity index (χ1v) is 4.96. The minimum absolute atomic E-state index is 0.0961. The normalized spacial score (nSPS) is 10.2. The third-order valence-electron chi connectivity index (χ3n) is 2.54. The van der Waals surface area contributed by atoms with Gasteiger partial charge in [0.25, 0.3) is 0 Å². The van der Waals surface area contributed by atoms with Gasteiger partial charge in [-0.2, -0.15) is 0 Å². The summed E-state index contributed by atoms with van der Waals surface area (Å²) in [6.45, 7) is 0. The van der Waals surface area contributed by atoms with E-state index in [4.69, 9.17) is 5.73 Å². The highest BCUT2D eigenvalue weighted by Gasteiger charge is 2.08. The second-order valence-electron chi connectivity index (χ2n) is 3.62. The second kappa shape index (κ2) is 4.14. The van der Waals surface area contributed by atoms with Crippen LogP contribution in [0.3, 0.4) is 0 Å². The van der Waals surface area contributed by atoms with Gasteiger partial charge in [0.15, 0.2) is 6.29 Å². The third-order valence-corrected chi connectivity index (χ3v) is 2.54. The molecular formula is C13H11NO2. The fraction of sp³-hybridized carbons (Fsp3) is 0.0769. The van der Waals surface area contributed by atoms with Gasteiger partial charge in [-0.1, -0.05) is 36.4 Å². The lowest BCUT2D eigenvalue weighted by Gasteiger charge is -2.06. The van der Waals surface area contributed by atoms with Crippen LogP contribution in [0.4, 0.5) is 0 Å². The first-order valence-electron chi connectivity index (χ1n) is 4.96. The molecule has 0 aliphatic rings. The molecule has 0 saturated carbocycles. The quantitative estimate of drug-likeness (QED) is 0.788. The lowest BCUT2D eigenvalue weighted by molar-refractivity contribution is -0.117. The molecule has 3 nitrogen and oxygen atoms in total. The summed E-state index contributed by atoms with van der Waals surface area (Å²) in [5.41, 5.74) is 6.37. The Morgan fingerprint density at radius 1 is 1.19 bits per heavy atom. The van der Waals surface area contributed by atoms with Crippen molar-refractivity contribution >= 4 is 23.0 Å². The highest BCUT2D eigenvalue weighted by Crippen LogP contribution is 2.21. The van der Waals surface area contributed by atoms with Crippen LogP contribution in [0, 0.1) is 0 Å². The van der Waals surface area contributed by atoms with Gasteiger partial charge in [0.05, 0.1) is 6.42 Å². The van der Waals surface area contributed by atoms with Gasteiger partial charge in [0, 0.05) is 5.56 Å². The van der Waals surface area contributed by atoms with Gasteiger partial charge in [-0.05, 0) is 16.3 Å². The Kier molecular flexibility index (Phi) is 2.68. The van der Waals surface area contributed by atoms with Crippen molar-refractivity contribution in [1.29, 1.82) is 0 Å². The van der Waals surface area contributed by atoms with Crippen molar-refractivity contribution in [3.8, 4) is 0 Å². The first-order chi connectivity index (χ1) is 7.72. The standard InChI is InChI=1S/C13H11NO2/c14-13(16)7-10-6-5-9-3-1-2-4-11(9)12(10)8-15/h1-6,8H,7H2,(H2,14,16). The van der Waals surface area contributed by atoms with Crippen LogP contribution in [0.2, 0.25) is 0 Å². The summed E-state index contributed by atoms with van der Waals surface area (Å²) in [5.74, 6) is -0.432. The average molecular weight is 213 g/mol. The Morgan fingerprint density at radius 3 is 2.62 bits per heavy atom. The second-order valence-corrected chi connectivity index (χ2v) is 3.62. The zero-order chi connectivity index (χ0) is 11.5. The minimum Gasteiger partial charge on any atom is -0.369 e. The number of fused-ring (bicyclic) bond motifs is 1. The summed E-state index contributed by atoms with van der Waals surface area (Å²) in [4.78, 5) is 21.9. The molecule has 80 valence electrons. The summed E-state index contributed by atoms with van der Waals surface area (Å²) in [5, 5.41) is 1.84. The fourth-order valence-electron chi connectivity index (χ4n) is 1.82. The van der Waals surface area contributed by atoms with Crippen LogP contribution in [-0.2, 0) is 11.2 Å². The van der Waals surface area contributed by atoms with E-state index in [9.17, 15) is 9.59 Å². The van der Waals surface area contributed by atoms with Crippen molar-refractivity contribution in [2.45, 2.75) is 6.42 Å². The average Bonchev–Trinajstić information content (AvgIpc) is 2.28. The lowest BCUT2D eigenvalue weighted by atomic mass is 9.98. The molecule has 0 spiro atoms. The zero-order valence-corrected chi connectivity index (χ0v) is 8.64. The van der Waals surface area contributed by atoms with Crippen molar-refractivity contribution in [3.63, 3.8) is 0 Å². The van der Waals surface area contributed by atoms with Gasteiger partial charge in [-0.15, -0.1) is 0 Å². The summed E-state index contributed by atoms with van der Waals surface area (Å²) < 4.78 is 0. The minimum atomic E-state index is -0.432. The van der Waals surface area contributed by atoms with E-state index in [1.54, 1.807) is 6.07 Å². The smallest absolute Gasteiger partial charge is 0.221 e.